The fourth-order valence-corrected chi connectivity index (χ4v) is 5.24. The largest absolute Gasteiger partial charge is 0.299 e. The molecule has 0 aromatic carbocycles. The smallest absolute Gasteiger partial charge is 0.0345 e. The summed E-state index contributed by atoms with van der Waals surface area (Å²) in [6.07, 6.45) is 11.3. The first kappa shape index (κ1) is 11.5. The third-order valence-electron chi connectivity index (χ3n) is 5.91. The third kappa shape index (κ3) is 1.69. The lowest BCUT2D eigenvalue weighted by Gasteiger charge is -2.54. The molecule has 0 amide bonds. The van der Waals surface area contributed by atoms with Crippen LogP contribution in [0.4, 0.5) is 0 Å². The van der Waals surface area contributed by atoms with Gasteiger partial charge in [-0.25, -0.2) is 0 Å². The van der Waals surface area contributed by atoms with Gasteiger partial charge in [-0.2, -0.15) is 0 Å². The fourth-order valence-electron chi connectivity index (χ4n) is 5.24. The summed E-state index contributed by atoms with van der Waals surface area (Å²) in [5.41, 5.74) is 1.80. The molecule has 3 aliphatic heterocycles. The Morgan fingerprint density at radius 3 is 3.06 bits per heavy atom. The summed E-state index contributed by atoms with van der Waals surface area (Å²) < 4.78 is 0. The van der Waals surface area contributed by atoms with E-state index >= 15 is 0 Å². The van der Waals surface area contributed by atoms with Crippen molar-refractivity contribution in [3.05, 3.63) is 11.6 Å². The molecule has 100 valence electrons. The highest BCUT2D eigenvalue weighted by Gasteiger charge is 2.44. The van der Waals surface area contributed by atoms with Crippen LogP contribution < -0.4 is 0 Å². The second kappa shape index (κ2) is 4.35. The first-order valence-electron chi connectivity index (χ1n) is 7.98. The van der Waals surface area contributed by atoms with Crippen LogP contribution in [-0.2, 0) is 0 Å². The Balaban J connectivity index is 1.66. The van der Waals surface area contributed by atoms with Crippen LogP contribution in [0.3, 0.4) is 0 Å². The molecule has 2 nitrogen and oxygen atoms in total. The number of rotatable bonds is 0. The highest BCUT2D eigenvalue weighted by atomic mass is 15.2. The molecule has 0 spiro atoms. The van der Waals surface area contributed by atoms with Crippen molar-refractivity contribution in [3.8, 4) is 0 Å². The van der Waals surface area contributed by atoms with Gasteiger partial charge in [0.05, 0.1) is 0 Å². The van der Waals surface area contributed by atoms with Gasteiger partial charge in [0.2, 0.25) is 0 Å². The molecular weight excluding hydrogens is 220 g/mol. The minimum absolute atomic E-state index is 0.790. The molecule has 4 aliphatic rings. The SMILES string of the molecule is CN1CCCC2=CC3CC(CN4CCCCC34)C21. The summed E-state index contributed by atoms with van der Waals surface area (Å²) in [5.74, 6) is 1.82. The Morgan fingerprint density at radius 2 is 2.11 bits per heavy atom. The molecule has 4 unspecified atom stereocenters. The van der Waals surface area contributed by atoms with Crippen molar-refractivity contribution in [1.82, 2.24) is 9.80 Å². The minimum Gasteiger partial charge on any atom is -0.299 e. The molecule has 0 N–H and O–H groups in total. The standard InChI is InChI=1S/C16H26N2/c1-17-7-4-5-12-9-13-10-14(16(12)17)11-18-8-3-2-6-15(13)18/h9,13-16H,2-8,10-11H2,1H3. The van der Waals surface area contributed by atoms with Crippen molar-refractivity contribution in [1.29, 1.82) is 0 Å². The summed E-state index contributed by atoms with van der Waals surface area (Å²) in [6, 6.07) is 1.69. The summed E-state index contributed by atoms with van der Waals surface area (Å²) >= 11 is 0. The molecule has 18 heavy (non-hydrogen) atoms. The average Bonchev–Trinajstić information content (AvgIpc) is 2.39. The van der Waals surface area contributed by atoms with E-state index in [1.807, 2.05) is 0 Å². The maximum absolute atomic E-state index is 2.83. The zero-order valence-corrected chi connectivity index (χ0v) is 11.6. The zero-order valence-electron chi connectivity index (χ0n) is 11.6. The molecule has 4 rings (SSSR count). The van der Waals surface area contributed by atoms with Gasteiger partial charge in [0, 0.05) is 18.6 Å². The van der Waals surface area contributed by atoms with Crippen molar-refractivity contribution in [2.45, 2.75) is 50.6 Å². The molecule has 2 bridgehead atoms. The van der Waals surface area contributed by atoms with Crippen molar-refractivity contribution < 1.29 is 0 Å². The lowest BCUT2D eigenvalue weighted by atomic mass is 9.68. The van der Waals surface area contributed by atoms with Gasteiger partial charge >= 0.3 is 0 Å². The molecule has 0 aromatic rings. The number of likely N-dealkylation sites (tertiary alicyclic amines) is 1. The number of piperidine rings is 3. The van der Waals surface area contributed by atoms with E-state index in [0.29, 0.717) is 0 Å². The van der Waals surface area contributed by atoms with Gasteiger partial charge in [-0.3, -0.25) is 9.80 Å². The van der Waals surface area contributed by atoms with Crippen LogP contribution in [0.5, 0.6) is 0 Å². The third-order valence-corrected chi connectivity index (χ3v) is 5.91. The fraction of sp³-hybridized carbons (Fsp3) is 0.875. The average molecular weight is 246 g/mol. The monoisotopic (exact) mass is 246 g/mol. The Morgan fingerprint density at radius 1 is 1.17 bits per heavy atom. The van der Waals surface area contributed by atoms with Crippen LogP contribution in [0.25, 0.3) is 0 Å². The Labute approximate surface area is 111 Å². The van der Waals surface area contributed by atoms with Crippen LogP contribution in [0.2, 0.25) is 0 Å². The molecule has 3 saturated heterocycles. The lowest BCUT2D eigenvalue weighted by Crippen LogP contribution is -2.58. The summed E-state index contributed by atoms with van der Waals surface area (Å²) in [6.45, 7) is 4.07. The highest BCUT2D eigenvalue weighted by Crippen LogP contribution is 2.44. The van der Waals surface area contributed by atoms with E-state index in [-0.39, 0.29) is 0 Å². The number of likely N-dealkylation sites (N-methyl/N-ethyl adjacent to an activating group) is 1. The molecular formula is C16H26N2. The van der Waals surface area contributed by atoms with Gasteiger partial charge in [-0.15, -0.1) is 0 Å². The van der Waals surface area contributed by atoms with E-state index in [2.05, 4.69) is 22.9 Å². The number of hydrogen-bond acceptors (Lipinski definition) is 2. The summed E-state index contributed by atoms with van der Waals surface area (Å²) in [4.78, 5) is 5.47. The van der Waals surface area contributed by atoms with E-state index in [1.165, 1.54) is 58.2 Å². The predicted molar refractivity (Wildman–Crippen MR) is 74.5 cm³/mol. The molecule has 1 aliphatic carbocycles. The second-order valence-corrected chi connectivity index (χ2v) is 6.99. The Hall–Kier alpha value is -0.340. The van der Waals surface area contributed by atoms with Gasteiger partial charge in [0.1, 0.15) is 0 Å². The quantitative estimate of drug-likeness (QED) is 0.606. The van der Waals surface area contributed by atoms with Crippen molar-refractivity contribution in [3.63, 3.8) is 0 Å². The number of fused-ring (bicyclic) bond motifs is 6. The van der Waals surface area contributed by atoms with E-state index in [4.69, 9.17) is 0 Å². The van der Waals surface area contributed by atoms with Crippen LogP contribution in [0, 0.1) is 11.8 Å². The zero-order chi connectivity index (χ0) is 12.1. The molecule has 3 fully saturated rings. The van der Waals surface area contributed by atoms with Crippen LogP contribution >= 0.6 is 0 Å². The lowest BCUT2D eigenvalue weighted by molar-refractivity contribution is 0.00520. The highest BCUT2D eigenvalue weighted by molar-refractivity contribution is 5.23. The maximum atomic E-state index is 2.83. The number of nitrogens with zero attached hydrogens (tertiary/aromatic N) is 2. The van der Waals surface area contributed by atoms with Crippen LogP contribution in [0.15, 0.2) is 11.6 Å². The molecule has 0 aromatic heterocycles. The van der Waals surface area contributed by atoms with Crippen molar-refractivity contribution in [2.75, 3.05) is 26.7 Å². The van der Waals surface area contributed by atoms with E-state index in [1.54, 1.807) is 5.57 Å². The van der Waals surface area contributed by atoms with Gasteiger partial charge in [-0.1, -0.05) is 18.1 Å². The topological polar surface area (TPSA) is 6.48 Å². The van der Waals surface area contributed by atoms with Gasteiger partial charge in [-0.05, 0) is 64.1 Å². The first-order chi connectivity index (χ1) is 8.83. The van der Waals surface area contributed by atoms with E-state index < -0.39 is 0 Å². The van der Waals surface area contributed by atoms with Crippen molar-refractivity contribution >= 4 is 0 Å². The molecule has 0 radical (unpaired) electrons. The van der Waals surface area contributed by atoms with Crippen molar-refractivity contribution in [2.24, 2.45) is 11.8 Å². The Bertz CT molecular complexity index is 362. The van der Waals surface area contributed by atoms with Gasteiger partial charge in [0.25, 0.3) is 0 Å². The van der Waals surface area contributed by atoms with Gasteiger partial charge in [0.15, 0.2) is 0 Å². The van der Waals surface area contributed by atoms with E-state index in [0.717, 1.165) is 23.9 Å². The van der Waals surface area contributed by atoms with Crippen LogP contribution in [-0.4, -0.2) is 48.6 Å². The number of hydrogen-bond donors (Lipinski definition) is 0. The maximum Gasteiger partial charge on any atom is 0.0345 e. The normalized spacial score (nSPS) is 45.1. The van der Waals surface area contributed by atoms with E-state index in [9.17, 15) is 0 Å². The molecule has 4 atom stereocenters. The predicted octanol–water partition coefficient (Wildman–Crippen LogP) is 2.51. The van der Waals surface area contributed by atoms with Crippen LogP contribution in [0.1, 0.15) is 38.5 Å². The molecule has 2 heteroatoms. The second-order valence-electron chi connectivity index (χ2n) is 6.99. The van der Waals surface area contributed by atoms with Gasteiger partial charge < -0.3 is 0 Å². The molecule has 3 heterocycles. The minimum atomic E-state index is 0.790. The first-order valence-corrected chi connectivity index (χ1v) is 7.98. The summed E-state index contributed by atoms with van der Waals surface area (Å²) in [5, 5.41) is 0. The Kier molecular flexibility index (Phi) is 2.77. The summed E-state index contributed by atoms with van der Waals surface area (Å²) in [7, 11) is 2.35. The molecule has 0 saturated carbocycles.